The minimum absolute atomic E-state index is 0.00622. The molecule has 2 aromatic carbocycles. The number of halogens is 1. The molecule has 11 heteroatoms. The Morgan fingerprint density at radius 3 is 2.10 bits per heavy atom. The van der Waals surface area contributed by atoms with Crippen LogP contribution in [0.3, 0.4) is 0 Å². The number of esters is 1. The van der Waals surface area contributed by atoms with Crippen molar-refractivity contribution in [3.05, 3.63) is 46.4 Å². The number of ether oxygens (including phenoxy) is 3. The van der Waals surface area contributed by atoms with E-state index in [0.717, 1.165) is 4.47 Å². The van der Waals surface area contributed by atoms with Gasteiger partial charge >= 0.3 is 5.97 Å². The minimum atomic E-state index is -3.94. The van der Waals surface area contributed by atoms with Gasteiger partial charge in [-0.15, -0.1) is 0 Å². The monoisotopic (exact) mass is 500 g/mol. The van der Waals surface area contributed by atoms with E-state index in [4.69, 9.17) is 14.2 Å². The van der Waals surface area contributed by atoms with Crippen LogP contribution in [0.4, 0.5) is 5.69 Å². The van der Waals surface area contributed by atoms with Crippen LogP contribution in [0.25, 0.3) is 0 Å². The molecule has 0 aliphatic rings. The first kappa shape index (κ1) is 23.6. The number of hydrogen-bond acceptors (Lipinski definition) is 7. The second kappa shape index (κ2) is 9.92. The summed E-state index contributed by atoms with van der Waals surface area (Å²) in [6.45, 7) is 1.38. The molecule has 1 atom stereocenters. The summed E-state index contributed by atoms with van der Waals surface area (Å²) < 4.78 is 43.1. The van der Waals surface area contributed by atoms with Gasteiger partial charge in [-0.2, -0.15) is 4.72 Å². The van der Waals surface area contributed by atoms with Crippen molar-refractivity contribution in [1.29, 1.82) is 0 Å². The predicted molar refractivity (Wildman–Crippen MR) is 113 cm³/mol. The van der Waals surface area contributed by atoms with Crippen molar-refractivity contribution >= 4 is 43.5 Å². The molecule has 0 fully saturated rings. The Hall–Kier alpha value is -2.63. The Labute approximate surface area is 182 Å². The summed E-state index contributed by atoms with van der Waals surface area (Å²) in [5.41, 5.74) is 0.102. The van der Waals surface area contributed by atoms with Gasteiger partial charge in [-0.05, 0) is 31.2 Å². The van der Waals surface area contributed by atoms with Crippen LogP contribution in [0.5, 0.6) is 11.5 Å². The molecule has 162 valence electrons. The van der Waals surface area contributed by atoms with Crippen molar-refractivity contribution < 1.29 is 32.2 Å². The number of nitrogens with one attached hydrogen (secondary N) is 2. The van der Waals surface area contributed by atoms with Crippen LogP contribution >= 0.6 is 15.9 Å². The molecule has 0 aromatic heterocycles. The second-order valence-corrected chi connectivity index (χ2v) is 8.66. The maximum Gasteiger partial charge on any atom is 0.340 e. The third kappa shape index (κ3) is 5.49. The molecule has 2 N–H and O–H groups in total. The van der Waals surface area contributed by atoms with E-state index in [1.165, 1.54) is 52.5 Å². The average molecular weight is 501 g/mol. The van der Waals surface area contributed by atoms with Gasteiger partial charge < -0.3 is 19.5 Å². The number of carbonyl (C=O) groups excluding carboxylic acids is 2. The van der Waals surface area contributed by atoms with Crippen molar-refractivity contribution in [2.45, 2.75) is 17.9 Å². The number of hydrogen-bond donors (Lipinski definition) is 2. The third-order valence-electron chi connectivity index (χ3n) is 4.04. The van der Waals surface area contributed by atoms with Gasteiger partial charge in [-0.25, -0.2) is 13.2 Å². The maximum atomic E-state index is 12.6. The summed E-state index contributed by atoms with van der Waals surface area (Å²) in [4.78, 5) is 24.7. The highest BCUT2D eigenvalue weighted by Gasteiger charge is 2.25. The molecule has 0 bridgehead atoms. The highest BCUT2D eigenvalue weighted by atomic mass is 79.9. The van der Waals surface area contributed by atoms with Gasteiger partial charge in [0.05, 0.1) is 43.5 Å². The van der Waals surface area contributed by atoms with Crippen LogP contribution in [-0.4, -0.2) is 47.7 Å². The van der Waals surface area contributed by atoms with E-state index in [-0.39, 0.29) is 27.6 Å². The second-order valence-electron chi connectivity index (χ2n) is 6.03. The molecule has 0 spiro atoms. The van der Waals surface area contributed by atoms with E-state index < -0.39 is 27.9 Å². The molecular formula is C19H21BrN2O7S. The first-order chi connectivity index (χ1) is 14.1. The van der Waals surface area contributed by atoms with Crippen LogP contribution in [-0.2, 0) is 19.6 Å². The topological polar surface area (TPSA) is 120 Å². The fourth-order valence-corrected chi connectivity index (χ4v) is 3.94. The van der Waals surface area contributed by atoms with Gasteiger partial charge in [0.25, 0.3) is 0 Å². The Kier molecular flexibility index (Phi) is 7.82. The number of rotatable bonds is 8. The number of benzene rings is 2. The van der Waals surface area contributed by atoms with E-state index in [2.05, 4.69) is 26.0 Å². The highest BCUT2D eigenvalue weighted by Crippen LogP contribution is 2.33. The molecule has 9 nitrogen and oxygen atoms in total. The quantitative estimate of drug-likeness (QED) is 0.534. The lowest BCUT2D eigenvalue weighted by Crippen LogP contribution is -2.41. The van der Waals surface area contributed by atoms with Gasteiger partial charge in [0.15, 0.2) is 11.5 Å². The van der Waals surface area contributed by atoms with E-state index >= 15 is 0 Å². The standard InChI is InChI=1S/C19H21BrN2O7S/c1-11(22-30(25,26)13-7-5-12(20)6-8-13)18(23)21-15-10-17(28-3)16(27-2)9-14(15)19(24)29-4/h5-11,22H,1-4H3,(H,21,23)/t11-/m0/s1. The van der Waals surface area contributed by atoms with Crippen molar-refractivity contribution in [3.8, 4) is 11.5 Å². The van der Waals surface area contributed by atoms with Crippen molar-refractivity contribution in [1.82, 2.24) is 4.72 Å². The molecule has 30 heavy (non-hydrogen) atoms. The number of methoxy groups -OCH3 is 3. The molecule has 2 rings (SSSR count). The Bertz CT molecular complexity index is 1040. The van der Waals surface area contributed by atoms with E-state index in [0.29, 0.717) is 0 Å². The normalized spacial score (nSPS) is 12.0. The zero-order valence-electron chi connectivity index (χ0n) is 16.7. The molecule has 0 saturated carbocycles. The van der Waals surface area contributed by atoms with Crippen LogP contribution in [0.15, 0.2) is 45.8 Å². The summed E-state index contributed by atoms with van der Waals surface area (Å²) in [5.74, 6) is -0.870. The molecule has 0 saturated heterocycles. The minimum Gasteiger partial charge on any atom is -0.493 e. The summed E-state index contributed by atoms with van der Waals surface area (Å²) in [7, 11) is 0.0559. The Balaban J connectivity index is 2.27. The molecule has 2 aromatic rings. The van der Waals surface area contributed by atoms with Gasteiger partial charge in [0.1, 0.15) is 0 Å². The number of sulfonamides is 1. The molecule has 0 aliphatic carbocycles. The van der Waals surface area contributed by atoms with Crippen molar-refractivity contribution in [3.63, 3.8) is 0 Å². The van der Waals surface area contributed by atoms with Gasteiger partial charge in [0, 0.05) is 16.6 Å². The first-order valence-electron chi connectivity index (χ1n) is 8.56. The number of carbonyl (C=O) groups is 2. The summed E-state index contributed by atoms with van der Waals surface area (Å²) >= 11 is 3.23. The zero-order chi connectivity index (χ0) is 22.5. The maximum absolute atomic E-state index is 12.6. The van der Waals surface area contributed by atoms with E-state index in [9.17, 15) is 18.0 Å². The van der Waals surface area contributed by atoms with E-state index in [1.807, 2.05) is 0 Å². The molecule has 0 unspecified atom stereocenters. The van der Waals surface area contributed by atoms with Gasteiger partial charge in [-0.1, -0.05) is 15.9 Å². The lowest BCUT2D eigenvalue weighted by Gasteiger charge is -2.17. The molecular weight excluding hydrogens is 480 g/mol. The number of anilines is 1. The van der Waals surface area contributed by atoms with Gasteiger partial charge in [-0.3, -0.25) is 4.79 Å². The van der Waals surface area contributed by atoms with Crippen LogP contribution in [0.1, 0.15) is 17.3 Å². The molecule has 0 heterocycles. The van der Waals surface area contributed by atoms with Crippen molar-refractivity contribution in [2.75, 3.05) is 26.6 Å². The van der Waals surface area contributed by atoms with Gasteiger partial charge in [0.2, 0.25) is 15.9 Å². The summed E-state index contributed by atoms with van der Waals surface area (Å²) in [6, 6.07) is 7.56. The molecule has 0 radical (unpaired) electrons. The smallest absolute Gasteiger partial charge is 0.340 e. The number of amides is 1. The van der Waals surface area contributed by atoms with Crippen molar-refractivity contribution in [2.24, 2.45) is 0 Å². The largest absolute Gasteiger partial charge is 0.493 e. The van der Waals surface area contributed by atoms with E-state index in [1.54, 1.807) is 12.1 Å². The summed E-state index contributed by atoms with van der Waals surface area (Å²) in [5, 5.41) is 2.52. The predicted octanol–water partition coefficient (Wildman–Crippen LogP) is 2.56. The SMILES string of the molecule is COC(=O)c1cc(OC)c(OC)cc1NC(=O)[C@H](C)NS(=O)(=O)c1ccc(Br)cc1. The van der Waals surface area contributed by atoms with Crippen LogP contribution < -0.4 is 19.5 Å². The third-order valence-corrected chi connectivity index (χ3v) is 6.12. The van der Waals surface area contributed by atoms with Crippen LogP contribution in [0.2, 0.25) is 0 Å². The fourth-order valence-electron chi connectivity index (χ4n) is 2.47. The fraction of sp³-hybridized carbons (Fsp3) is 0.263. The lowest BCUT2D eigenvalue weighted by molar-refractivity contribution is -0.117. The lowest BCUT2D eigenvalue weighted by atomic mass is 10.1. The van der Waals surface area contributed by atoms with Crippen LogP contribution in [0, 0.1) is 0 Å². The highest BCUT2D eigenvalue weighted by molar-refractivity contribution is 9.10. The molecule has 0 aliphatic heterocycles. The Morgan fingerprint density at radius 2 is 1.57 bits per heavy atom. The zero-order valence-corrected chi connectivity index (χ0v) is 19.1. The average Bonchev–Trinajstić information content (AvgIpc) is 2.72. The molecule has 1 amide bonds. The first-order valence-corrected chi connectivity index (χ1v) is 10.8. The Morgan fingerprint density at radius 1 is 1.00 bits per heavy atom. The summed E-state index contributed by atoms with van der Waals surface area (Å²) in [6.07, 6.45) is 0.